The fraction of sp³-hybridized carbons (Fsp3) is 0.750. The maximum atomic E-state index is 14.0. The number of benzene rings is 1. The molecule has 9 heteroatoms. The fourth-order valence-corrected chi connectivity index (χ4v) is 11.6. The van der Waals surface area contributed by atoms with Gasteiger partial charge >= 0.3 is 5.97 Å². The normalized spacial score (nSPS) is 47.2. The van der Waals surface area contributed by atoms with Crippen LogP contribution in [-0.4, -0.2) is 91.9 Å². The monoisotopic (exact) mass is 568 g/mol. The summed E-state index contributed by atoms with van der Waals surface area (Å²) in [7, 11) is 5.37. The van der Waals surface area contributed by atoms with E-state index in [4.69, 9.17) is 18.9 Å². The summed E-state index contributed by atoms with van der Waals surface area (Å²) >= 11 is 0. The first kappa shape index (κ1) is 27.8. The molecule has 12 atom stereocenters. The molecule has 5 saturated carbocycles. The Bertz CT molecular complexity index is 1240. The summed E-state index contributed by atoms with van der Waals surface area (Å²) in [5.74, 6) is -0.203. The van der Waals surface area contributed by atoms with E-state index in [0.29, 0.717) is 30.6 Å². The van der Waals surface area contributed by atoms with Gasteiger partial charge < -0.3 is 29.4 Å². The molecular weight excluding hydrogens is 524 g/mol. The van der Waals surface area contributed by atoms with Gasteiger partial charge in [0.25, 0.3) is 0 Å². The van der Waals surface area contributed by atoms with Gasteiger partial charge in [-0.05, 0) is 50.3 Å². The SMILES string of the molecule is CCN1C[C@]2(OC(=O)c3ccccc3NC(C)=O)CC[C@H](OC)[C@@]34[C@@H]5C[C@H]6[C@@H](OC)[C@@H]5[C@](O)(C[C@@H]6OC)[C@@H](C[C@H]23)[C@@H]14. The molecule has 1 aliphatic heterocycles. The number of fused-ring (bicyclic) bond motifs is 2. The van der Waals surface area contributed by atoms with Gasteiger partial charge in [0, 0.05) is 76.3 Å². The molecule has 1 aromatic carbocycles. The Morgan fingerprint density at radius 2 is 1.88 bits per heavy atom. The van der Waals surface area contributed by atoms with Crippen molar-refractivity contribution in [3.63, 3.8) is 0 Å². The van der Waals surface area contributed by atoms with Crippen LogP contribution in [0.5, 0.6) is 0 Å². The second kappa shape index (κ2) is 9.48. The van der Waals surface area contributed by atoms with Crippen molar-refractivity contribution in [2.75, 3.05) is 39.7 Å². The average Bonchev–Trinajstić information content (AvgIpc) is 3.43. The van der Waals surface area contributed by atoms with Crippen molar-refractivity contribution in [3.8, 4) is 0 Å². The molecule has 0 radical (unpaired) electrons. The van der Waals surface area contributed by atoms with E-state index in [9.17, 15) is 14.7 Å². The van der Waals surface area contributed by atoms with Crippen molar-refractivity contribution in [1.29, 1.82) is 0 Å². The maximum absolute atomic E-state index is 14.0. The van der Waals surface area contributed by atoms with Crippen LogP contribution in [0.3, 0.4) is 0 Å². The van der Waals surface area contributed by atoms with Crippen molar-refractivity contribution in [2.45, 2.75) is 81.5 Å². The number of aliphatic hydroxyl groups is 1. The summed E-state index contributed by atoms with van der Waals surface area (Å²) in [6, 6.07) is 7.20. The highest BCUT2D eigenvalue weighted by atomic mass is 16.6. The highest BCUT2D eigenvalue weighted by Crippen LogP contribution is 2.78. The number of rotatable bonds is 7. The van der Waals surface area contributed by atoms with Crippen LogP contribution < -0.4 is 5.32 Å². The number of nitrogens with zero attached hydrogens (tertiary/aromatic N) is 1. The number of amides is 1. The molecule has 7 rings (SSSR count). The highest BCUT2D eigenvalue weighted by Gasteiger charge is 2.84. The molecule has 1 amide bonds. The van der Waals surface area contributed by atoms with Crippen LogP contribution in [0.2, 0.25) is 0 Å². The molecule has 5 aliphatic carbocycles. The molecule has 1 aromatic rings. The number of likely N-dealkylation sites (N-methyl/N-ethyl adjacent to an activating group) is 1. The van der Waals surface area contributed by atoms with E-state index in [1.807, 2.05) is 7.11 Å². The third-order valence-electron chi connectivity index (χ3n) is 12.5. The first-order chi connectivity index (χ1) is 19.7. The molecule has 9 nitrogen and oxygen atoms in total. The predicted octanol–water partition coefficient (Wildman–Crippen LogP) is 3.11. The van der Waals surface area contributed by atoms with E-state index < -0.39 is 17.2 Å². The second-order valence-electron chi connectivity index (χ2n) is 13.5. The van der Waals surface area contributed by atoms with Gasteiger partial charge in [0.2, 0.25) is 5.91 Å². The van der Waals surface area contributed by atoms with Crippen molar-refractivity contribution in [2.24, 2.45) is 35.0 Å². The summed E-state index contributed by atoms with van der Waals surface area (Å²) in [5, 5.41) is 15.6. The minimum absolute atomic E-state index is 0.00254. The summed E-state index contributed by atoms with van der Waals surface area (Å²) in [6.45, 7) is 5.05. The van der Waals surface area contributed by atoms with Gasteiger partial charge in [-0.3, -0.25) is 9.69 Å². The Kier molecular flexibility index (Phi) is 6.42. The summed E-state index contributed by atoms with van der Waals surface area (Å²) in [5.41, 5.74) is -1.08. The number of hydrogen-bond donors (Lipinski definition) is 2. The van der Waals surface area contributed by atoms with E-state index in [2.05, 4.69) is 17.1 Å². The van der Waals surface area contributed by atoms with Crippen LogP contribution in [0.1, 0.15) is 56.3 Å². The Hall–Kier alpha value is -2.04. The van der Waals surface area contributed by atoms with Gasteiger partial charge in [-0.25, -0.2) is 4.79 Å². The van der Waals surface area contributed by atoms with Crippen LogP contribution in [0.15, 0.2) is 24.3 Å². The average molecular weight is 569 g/mol. The van der Waals surface area contributed by atoms with Crippen LogP contribution in [0, 0.1) is 35.0 Å². The van der Waals surface area contributed by atoms with E-state index in [0.717, 1.165) is 25.8 Å². The molecule has 1 spiro atoms. The van der Waals surface area contributed by atoms with Gasteiger partial charge in [-0.15, -0.1) is 0 Å². The third-order valence-corrected chi connectivity index (χ3v) is 12.5. The Morgan fingerprint density at radius 1 is 1.10 bits per heavy atom. The van der Waals surface area contributed by atoms with Crippen LogP contribution in [-0.2, 0) is 23.7 Å². The van der Waals surface area contributed by atoms with E-state index in [1.165, 1.54) is 6.92 Å². The van der Waals surface area contributed by atoms with Gasteiger partial charge in [0.05, 0.1) is 35.2 Å². The molecule has 7 bridgehead atoms. The van der Waals surface area contributed by atoms with Crippen molar-refractivity contribution in [1.82, 2.24) is 4.90 Å². The zero-order chi connectivity index (χ0) is 28.9. The third kappa shape index (κ3) is 3.41. The Morgan fingerprint density at radius 3 is 2.56 bits per heavy atom. The lowest BCUT2D eigenvalue weighted by Crippen LogP contribution is -2.78. The Balaban J connectivity index is 1.35. The lowest BCUT2D eigenvalue weighted by atomic mass is 9.45. The quantitative estimate of drug-likeness (QED) is 0.484. The lowest BCUT2D eigenvalue weighted by molar-refractivity contribution is -0.284. The van der Waals surface area contributed by atoms with Gasteiger partial charge in [-0.1, -0.05) is 19.1 Å². The zero-order valence-electron chi connectivity index (χ0n) is 24.8. The van der Waals surface area contributed by atoms with Crippen molar-refractivity contribution in [3.05, 3.63) is 29.8 Å². The number of esters is 1. The predicted molar refractivity (Wildman–Crippen MR) is 150 cm³/mol. The number of nitrogens with one attached hydrogen (secondary N) is 1. The van der Waals surface area contributed by atoms with Crippen molar-refractivity contribution < 1.29 is 33.6 Å². The molecule has 224 valence electrons. The maximum Gasteiger partial charge on any atom is 0.340 e. The molecule has 6 fully saturated rings. The number of piperidine rings is 1. The van der Waals surface area contributed by atoms with E-state index >= 15 is 0 Å². The molecular formula is C32H44N2O7. The number of ether oxygens (including phenoxy) is 4. The topological polar surface area (TPSA) is 107 Å². The zero-order valence-corrected chi connectivity index (χ0v) is 24.8. The standard InChI is InChI=1S/C32H44N2O7/c1-6-34-16-30(41-29(36)18-9-7-8-10-22(18)33-17(2)35)12-11-25(39-4)32-20-13-19-23(38-3)15-31(37,26(20)27(19)40-5)21(28(32)34)14-24(30)32/h7-10,19-21,23-28,37H,6,11-16H2,1-5H3,(H,33,35)/t19-,20-,21+,23+,24-,25+,26-,27-,28-,30-,31+,32-/m1/s1. The molecule has 41 heavy (non-hydrogen) atoms. The van der Waals surface area contributed by atoms with Gasteiger partial charge in [0.1, 0.15) is 5.60 Å². The minimum atomic E-state index is -0.921. The molecule has 1 saturated heterocycles. The number of carbonyl (C=O) groups excluding carboxylic acids is 2. The van der Waals surface area contributed by atoms with Crippen LogP contribution in [0.25, 0.3) is 0 Å². The summed E-state index contributed by atoms with van der Waals surface area (Å²) in [6.07, 6.45) is 3.70. The minimum Gasteiger partial charge on any atom is -0.454 e. The molecule has 0 aromatic heterocycles. The second-order valence-corrected chi connectivity index (χ2v) is 13.5. The largest absolute Gasteiger partial charge is 0.454 e. The number of methoxy groups -OCH3 is 3. The fourth-order valence-electron chi connectivity index (χ4n) is 11.6. The summed E-state index contributed by atoms with van der Waals surface area (Å²) in [4.78, 5) is 28.4. The first-order valence-corrected chi connectivity index (χ1v) is 15.3. The number of para-hydroxylation sites is 1. The Labute approximate surface area is 242 Å². The lowest BCUT2D eigenvalue weighted by Gasteiger charge is -2.69. The van der Waals surface area contributed by atoms with Crippen molar-refractivity contribution >= 4 is 17.6 Å². The summed E-state index contributed by atoms with van der Waals surface area (Å²) < 4.78 is 25.4. The van der Waals surface area contributed by atoms with Gasteiger partial charge in [0.15, 0.2) is 0 Å². The number of anilines is 1. The smallest absolute Gasteiger partial charge is 0.340 e. The van der Waals surface area contributed by atoms with Crippen LogP contribution in [0.4, 0.5) is 5.69 Å². The van der Waals surface area contributed by atoms with Gasteiger partial charge in [-0.2, -0.15) is 0 Å². The van der Waals surface area contributed by atoms with Crippen LogP contribution >= 0.6 is 0 Å². The number of likely N-dealkylation sites (tertiary alicyclic amines) is 1. The van der Waals surface area contributed by atoms with E-state index in [-0.39, 0.29) is 65.3 Å². The first-order valence-electron chi connectivity index (χ1n) is 15.3. The number of carbonyl (C=O) groups is 2. The highest BCUT2D eigenvalue weighted by molar-refractivity contribution is 6.00. The number of hydrogen-bond acceptors (Lipinski definition) is 8. The molecule has 0 unspecified atom stereocenters. The molecule has 2 N–H and O–H groups in total. The van der Waals surface area contributed by atoms with E-state index in [1.54, 1.807) is 38.5 Å². The molecule has 6 aliphatic rings. The molecule has 1 heterocycles.